The summed E-state index contributed by atoms with van der Waals surface area (Å²) in [6.45, 7) is 0.630. The molecule has 1 heterocycles. The van der Waals surface area contributed by atoms with E-state index in [1.54, 1.807) is 0 Å². The number of piperidine rings is 1. The maximum absolute atomic E-state index is 14.0. The summed E-state index contributed by atoms with van der Waals surface area (Å²) in [4.78, 5) is 1.81. The number of hydrogen-bond acceptors (Lipinski definition) is 5. The Balaban J connectivity index is 0.00000320. The van der Waals surface area contributed by atoms with Crippen molar-refractivity contribution >= 4 is 22.4 Å². The molecular formula is C20H22ClF2N3O3S. The average molecular weight is 458 g/mol. The van der Waals surface area contributed by atoms with E-state index < -0.39 is 27.4 Å². The van der Waals surface area contributed by atoms with Gasteiger partial charge in [0.1, 0.15) is 16.5 Å². The van der Waals surface area contributed by atoms with Gasteiger partial charge in [-0.3, -0.25) is 0 Å². The number of nitrogens with zero attached hydrogens (tertiary/aromatic N) is 3. The third-order valence-corrected chi connectivity index (χ3v) is 6.88. The van der Waals surface area contributed by atoms with Crippen molar-refractivity contribution in [2.45, 2.75) is 23.8 Å². The molecule has 0 radical (unpaired) electrons. The zero-order chi connectivity index (χ0) is 21.2. The first-order valence-electron chi connectivity index (χ1n) is 9.06. The minimum absolute atomic E-state index is 0. The molecule has 30 heavy (non-hydrogen) atoms. The Bertz CT molecular complexity index is 1050. The number of benzene rings is 2. The number of sulfonamides is 1. The Morgan fingerprint density at radius 1 is 1.10 bits per heavy atom. The predicted molar refractivity (Wildman–Crippen MR) is 110 cm³/mol. The van der Waals surface area contributed by atoms with Gasteiger partial charge < -0.3 is 9.64 Å². The molecule has 6 nitrogen and oxygen atoms in total. The lowest BCUT2D eigenvalue weighted by Crippen LogP contribution is -2.44. The van der Waals surface area contributed by atoms with Crippen LogP contribution in [-0.2, 0) is 10.0 Å². The smallest absolute Gasteiger partial charge is 0.246 e. The molecule has 3 rings (SSSR count). The Kier molecular flexibility index (Phi) is 7.77. The molecule has 1 aliphatic heterocycles. The van der Waals surface area contributed by atoms with Gasteiger partial charge in [0.2, 0.25) is 10.0 Å². The van der Waals surface area contributed by atoms with Crippen LogP contribution in [0.5, 0.6) is 11.5 Å². The third kappa shape index (κ3) is 5.08. The second-order valence-electron chi connectivity index (χ2n) is 7.05. The van der Waals surface area contributed by atoms with Gasteiger partial charge in [-0.05, 0) is 57.3 Å². The molecule has 0 aliphatic carbocycles. The van der Waals surface area contributed by atoms with E-state index in [0.717, 1.165) is 18.2 Å². The molecule has 1 aliphatic rings. The largest absolute Gasteiger partial charge is 0.453 e. The first-order valence-corrected chi connectivity index (χ1v) is 10.5. The standard InChI is InChI=1S/C20H21F2N3O3S.ClH/c1-24(2)16-7-9-25(10-8-16)29(26,27)20-11-14(13-23)3-6-18(20)28-19-12-15(21)4-5-17(19)22;/h3-6,11-12,16H,7-10H2,1-2H3;1H. The Morgan fingerprint density at radius 2 is 1.77 bits per heavy atom. The number of rotatable bonds is 5. The van der Waals surface area contributed by atoms with Gasteiger partial charge in [-0.15, -0.1) is 12.4 Å². The molecule has 2 aromatic carbocycles. The minimum atomic E-state index is -3.99. The first-order chi connectivity index (χ1) is 13.7. The number of hydrogen-bond donors (Lipinski definition) is 0. The molecule has 1 saturated heterocycles. The van der Waals surface area contributed by atoms with Crippen molar-refractivity contribution < 1.29 is 21.9 Å². The SMILES string of the molecule is CN(C)C1CCN(S(=O)(=O)c2cc(C#N)ccc2Oc2cc(F)ccc2F)CC1.Cl. The monoisotopic (exact) mass is 457 g/mol. The molecule has 1 fully saturated rings. The van der Waals surface area contributed by atoms with E-state index in [2.05, 4.69) is 4.90 Å². The van der Waals surface area contributed by atoms with Crippen LogP contribution in [0.1, 0.15) is 18.4 Å². The van der Waals surface area contributed by atoms with Gasteiger partial charge in [-0.2, -0.15) is 9.57 Å². The van der Waals surface area contributed by atoms with E-state index >= 15 is 0 Å². The van der Waals surface area contributed by atoms with Crippen LogP contribution in [0.4, 0.5) is 8.78 Å². The first kappa shape index (κ1) is 24.0. The molecule has 0 unspecified atom stereocenters. The number of nitriles is 1. The highest BCUT2D eigenvalue weighted by Crippen LogP contribution is 2.34. The average Bonchev–Trinajstić information content (AvgIpc) is 2.71. The molecule has 0 N–H and O–H groups in total. The molecule has 0 saturated carbocycles. The van der Waals surface area contributed by atoms with Gasteiger partial charge in [0.15, 0.2) is 11.6 Å². The zero-order valence-electron chi connectivity index (χ0n) is 16.5. The molecule has 0 spiro atoms. The van der Waals surface area contributed by atoms with Gasteiger partial charge in [0, 0.05) is 25.2 Å². The number of halogens is 3. The van der Waals surface area contributed by atoms with Gasteiger partial charge in [0.25, 0.3) is 0 Å². The van der Waals surface area contributed by atoms with Crippen LogP contribution in [-0.4, -0.2) is 50.8 Å². The summed E-state index contributed by atoms with van der Waals surface area (Å²) in [5, 5.41) is 9.18. The maximum Gasteiger partial charge on any atom is 0.246 e. The summed E-state index contributed by atoms with van der Waals surface area (Å²) in [5.74, 6) is -2.14. The molecule has 10 heteroatoms. The van der Waals surface area contributed by atoms with E-state index in [1.807, 2.05) is 20.2 Å². The fourth-order valence-corrected chi connectivity index (χ4v) is 4.88. The fourth-order valence-electron chi connectivity index (χ4n) is 3.28. The van der Waals surface area contributed by atoms with E-state index in [-0.39, 0.29) is 34.7 Å². The van der Waals surface area contributed by atoms with E-state index in [4.69, 9.17) is 4.74 Å². The Morgan fingerprint density at radius 3 is 2.37 bits per heavy atom. The summed E-state index contributed by atoms with van der Waals surface area (Å²) < 4.78 is 60.7. The normalized spacial score (nSPS) is 15.5. The minimum Gasteiger partial charge on any atom is -0.453 e. The van der Waals surface area contributed by atoms with E-state index in [9.17, 15) is 22.5 Å². The van der Waals surface area contributed by atoms with Gasteiger partial charge in [0.05, 0.1) is 11.6 Å². The zero-order valence-corrected chi connectivity index (χ0v) is 18.1. The maximum atomic E-state index is 14.0. The Hall–Kier alpha value is -2.25. The molecule has 162 valence electrons. The van der Waals surface area contributed by atoms with Gasteiger partial charge in [-0.1, -0.05) is 0 Å². The van der Waals surface area contributed by atoms with Crippen molar-refractivity contribution in [3.63, 3.8) is 0 Å². The van der Waals surface area contributed by atoms with Crippen LogP contribution in [0.3, 0.4) is 0 Å². The van der Waals surface area contributed by atoms with Gasteiger partial charge >= 0.3 is 0 Å². The van der Waals surface area contributed by atoms with Crippen molar-refractivity contribution in [3.8, 4) is 17.6 Å². The van der Waals surface area contributed by atoms with Crippen LogP contribution < -0.4 is 4.74 Å². The lowest BCUT2D eigenvalue weighted by molar-refractivity contribution is 0.196. The highest BCUT2D eigenvalue weighted by molar-refractivity contribution is 7.89. The summed E-state index contributed by atoms with van der Waals surface area (Å²) in [6, 6.07) is 8.69. The third-order valence-electron chi connectivity index (χ3n) is 4.96. The van der Waals surface area contributed by atoms with Crippen LogP contribution in [0, 0.1) is 23.0 Å². The second kappa shape index (κ2) is 9.71. The van der Waals surface area contributed by atoms with Gasteiger partial charge in [-0.25, -0.2) is 17.2 Å². The molecular weight excluding hydrogens is 436 g/mol. The van der Waals surface area contributed by atoms with Crippen molar-refractivity contribution in [2.24, 2.45) is 0 Å². The highest BCUT2D eigenvalue weighted by atomic mass is 35.5. The lowest BCUT2D eigenvalue weighted by atomic mass is 10.1. The summed E-state index contributed by atoms with van der Waals surface area (Å²) >= 11 is 0. The summed E-state index contributed by atoms with van der Waals surface area (Å²) in [6.07, 6.45) is 1.33. The van der Waals surface area contributed by atoms with Crippen molar-refractivity contribution in [1.82, 2.24) is 9.21 Å². The molecule has 0 aromatic heterocycles. The lowest BCUT2D eigenvalue weighted by Gasteiger charge is -2.34. The quantitative estimate of drug-likeness (QED) is 0.683. The Labute approximate surface area is 181 Å². The van der Waals surface area contributed by atoms with Crippen LogP contribution in [0.2, 0.25) is 0 Å². The van der Waals surface area contributed by atoms with Crippen LogP contribution >= 0.6 is 12.4 Å². The predicted octanol–water partition coefficient (Wildman–Crippen LogP) is 3.77. The molecule has 0 atom stereocenters. The summed E-state index contributed by atoms with van der Waals surface area (Å²) in [7, 11) is -0.0968. The fraction of sp³-hybridized carbons (Fsp3) is 0.350. The second-order valence-corrected chi connectivity index (χ2v) is 8.96. The van der Waals surface area contributed by atoms with Crippen molar-refractivity contribution in [3.05, 3.63) is 53.6 Å². The highest BCUT2D eigenvalue weighted by Gasteiger charge is 2.32. The molecule has 0 amide bonds. The number of ether oxygens (including phenoxy) is 1. The van der Waals surface area contributed by atoms with E-state index in [1.165, 1.54) is 22.5 Å². The van der Waals surface area contributed by atoms with Crippen LogP contribution in [0.15, 0.2) is 41.3 Å². The van der Waals surface area contributed by atoms with E-state index in [0.29, 0.717) is 25.9 Å². The molecule has 0 bridgehead atoms. The topological polar surface area (TPSA) is 73.6 Å². The van der Waals surface area contributed by atoms with Crippen molar-refractivity contribution in [1.29, 1.82) is 5.26 Å². The van der Waals surface area contributed by atoms with Crippen LogP contribution in [0.25, 0.3) is 0 Å². The molecule has 2 aromatic rings. The summed E-state index contributed by atoms with van der Waals surface area (Å²) in [5.41, 5.74) is 0.124. The van der Waals surface area contributed by atoms with Crippen molar-refractivity contribution in [2.75, 3.05) is 27.2 Å².